The first-order chi connectivity index (χ1) is 12.2. The highest BCUT2D eigenvalue weighted by molar-refractivity contribution is 5.88. The fourth-order valence-electron chi connectivity index (χ4n) is 3.69. The van der Waals surface area contributed by atoms with Crippen LogP contribution in [0.3, 0.4) is 0 Å². The molecule has 1 aliphatic rings. The van der Waals surface area contributed by atoms with Crippen LogP contribution in [0.15, 0.2) is 42.7 Å². The van der Waals surface area contributed by atoms with Crippen LogP contribution in [0.5, 0.6) is 5.75 Å². The van der Waals surface area contributed by atoms with Crippen LogP contribution in [0.1, 0.15) is 36.8 Å². The molecule has 5 heteroatoms. The molecule has 1 heterocycles. The maximum absolute atomic E-state index is 13.4. The summed E-state index contributed by atoms with van der Waals surface area (Å²) in [4.78, 5) is 17.1. The van der Waals surface area contributed by atoms with E-state index in [9.17, 15) is 9.18 Å². The normalized spacial score (nSPS) is 15.8. The predicted octanol–water partition coefficient (Wildman–Crippen LogP) is 3.40. The van der Waals surface area contributed by atoms with Crippen molar-refractivity contribution in [2.75, 3.05) is 13.7 Å². The van der Waals surface area contributed by atoms with Crippen molar-refractivity contribution in [3.05, 3.63) is 59.7 Å². The molecule has 0 saturated heterocycles. The van der Waals surface area contributed by atoms with Gasteiger partial charge < -0.3 is 10.1 Å². The second-order valence-electron chi connectivity index (χ2n) is 6.49. The van der Waals surface area contributed by atoms with Gasteiger partial charge in [-0.15, -0.1) is 0 Å². The summed E-state index contributed by atoms with van der Waals surface area (Å²) in [7, 11) is 1.56. The Morgan fingerprint density at radius 3 is 2.80 bits per heavy atom. The Kier molecular flexibility index (Phi) is 5.31. The number of rotatable bonds is 6. The van der Waals surface area contributed by atoms with Crippen LogP contribution >= 0.6 is 0 Å². The summed E-state index contributed by atoms with van der Waals surface area (Å²) in [5.41, 5.74) is 1.25. The fourth-order valence-corrected chi connectivity index (χ4v) is 3.69. The maximum Gasteiger partial charge on any atom is 0.230 e. The van der Waals surface area contributed by atoms with E-state index in [-0.39, 0.29) is 11.7 Å². The van der Waals surface area contributed by atoms with Gasteiger partial charge in [0, 0.05) is 18.9 Å². The molecule has 1 N–H and O–H groups in total. The largest absolute Gasteiger partial charge is 0.496 e. The highest BCUT2D eigenvalue weighted by atomic mass is 19.1. The molecule has 0 atom stereocenters. The third-order valence-electron chi connectivity index (χ3n) is 5.03. The third kappa shape index (κ3) is 3.65. The van der Waals surface area contributed by atoms with Gasteiger partial charge in [-0.2, -0.15) is 0 Å². The van der Waals surface area contributed by atoms with Crippen molar-refractivity contribution < 1.29 is 13.9 Å². The van der Waals surface area contributed by atoms with Crippen molar-refractivity contribution in [3.63, 3.8) is 0 Å². The number of nitrogens with one attached hydrogen (secondary N) is 1. The smallest absolute Gasteiger partial charge is 0.230 e. The average molecular weight is 342 g/mol. The molecule has 1 amide bonds. The molecule has 1 aromatic heterocycles. The number of benzene rings is 1. The van der Waals surface area contributed by atoms with Crippen LogP contribution < -0.4 is 10.1 Å². The van der Waals surface area contributed by atoms with Crippen molar-refractivity contribution in [1.29, 1.82) is 0 Å². The van der Waals surface area contributed by atoms with Crippen LogP contribution in [0.4, 0.5) is 4.39 Å². The third-order valence-corrected chi connectivity index (χ3v) is 5.03. The van der Waals surface area contributed by atoms with Gasteiger partial charge in [0.25, 0.3) is 0 Å². The number of ether oxygens (including phenoxy) is 1. The molecule has 0 radical (unpaired) electrons. The van der Waals surface area contributed by atoms with E-state index in [1.807, 2.05) is 12.1 Å². The van der Waals surface area contributed by atoms with Gasteiger partial charge in [0.1, 0.15) is 11.6 Å². The lowest BCUT2D eigenvalue weighted by Gasteiger charge is -2.28. The molecular weight excluding hydrogens is 319 g/mol. The molecule has 0 spiro atoms. The molecule has 25 heavy (non-hydrogen) atoms. The van der Waals surface area contributed by atoms with Gasteiger partial charge in [0.15, 0.2) is 0 Å². The SMILES string of the molecule is COc1ccc(F)cc1CCNC(=O)C1(c2cccnc2)CCCC1. The molecule has 2 aromatic rings. The van der Waals surface area contributed by atoms with Gasteiger partial charge in [0.2, 0.25) is 5.91 Å². The van der Waals surface area contributed by atoms with Crippen molar-refractivity contribution in [2.24, 2.45) is 0 Å². The van der Waals surface area contributed by atoms with Crippen LogP contribution in [0.25, 0.3) is 0 Å². The second kappa shape index (κ2) is 7.64. The molecule has 0 unspecified atom stereocenters. The van der Waals surface area contributed by atoms with Gasteiger partial charge in [-0.25, -0.2) is 4.39 Å². The first kappa shape index (κ1) is 17.4. The lowest BCUT2D eigenvalue weighted by Crippen LogP contribution is -2.43. The Hall–Kier alpha value is -2.43. The molecule has 0 aliphatic heterocycles. The molecular formula is C20H23FN2O2. The maximum atomic E-state index is 13.4. The first-order valence-corrected chi connectivity index (χ1v) is 8.67. The number of carbonyl (C=O) groups excluding carboxylic acids is 1. The summed E-state index contributed by atoms with van der Waals surface area (Å²) >= 11 is 0. The van der Waals surface area contributed by atoms with E-state index in [4.69, 9.17) is 4.74 Å². The number of methoxy groups -OCH3 is 1. The van der Waals surface area contributed by atoms with Gasteiger partial charge in [-0.1, -0.05) is 18.9 Å². The minimum Gasteiger partial charge on any atom is -0.496 e. The topological polar surface area (TPSA) is 51.2 Å². The lowest BCUT2D eigenvalue weighted by atomic mass is 9.78. The molecule has 3 rings (SSSR count). The standard InChI is InChI=1S/C20H23FN2O2/c1-25-18-7-6-17(21)13-15(18)8-12-23-19(24)20(9-2-3-10-20)16-5-4-11-22-14-16/h4-7,11,13-14H,2-3,8-10,12H2,1H3,(H,23,24). The number of aromatic nitrogens is 1. The number of carbonyl (C=O) groups is 1. The van der Waals surface area contributed by atoms with E-state index in [1.165, 1.54) is 12.1 Å². The van der Waals surface area contributed by atoms with Gasteiger partial charge in [-0.3, -0.25) is 9.78 Å². The number of hydrogen-bond acceptors (Lipinski definition) is 3. The Bertz CT molecular complexity index is 728. The molecule has 0 bridgehead atoms. The van der Waals surface area contributed by atoms with Gasteiger partial charge in [-0.05, 0) is 54.7 Å². The highest BCUT2D eigenvalue weighted by Crippen LogP contribution is 2.41. The monoisotopic (exact) mass is 342 g/mol. The second-order valence-corrected chi connectivity index (χ2v) is 6.49. The number of nitrogens with zero attached hydrogens (tertiary/aromatic N) is 1. The number of amides is 1. The van der Waals surface area contributed by atoms with Crippen LogP contribution in [-0.2, 0) is 16.6 Å². The van der Waals surface area contributed by atoms with E-state index in [0.717, 1.165) is 36.8 Å². The van der Waals surface area contributed by atoms with E-state index in [2.05, 4.69) is 10.3 Å². The Balaban J connectivity index is 1.68. The average Bonchev–Trinajstić information content (AvgIpc) is 3.14. The van der Waals surface area contributed by atoms with Crippen molar-refractivity contribution in [2.45, 2.75) is 37.5 Å². The van der Waals surface area contributed by atoms with Crippen molar-refractivity contribution in [3.8, 4) is 5.75 Å². The molecule has 1 aliphatic carbocycles. The Morgan fingerprint density at radius 2 is 2.12 bits per heavy atom. The summed E-state index contributed by atoms with van der Waals surface area (Å²) in [5.74, 6) is 0.372. The van der Waals surface area contributed by atoms with Crippen molar-refractivity contribution >= 4 is 5.91 Å². The van der Waals surface area contributed by atoms with Gasteiger partial charge >= 0.3 is 0 Å². The Morgan fingerprint density at radius 1 is 1.32 bits per heavy atom. The van der Waals surface area contributed by atoms with E-state index in [0.29, 0.717) is 18.7 Å². The minimum atomic E-state index is -0.486. The van der Waals surface area contributed by atoms with Crippen LogP contribution in [0.2, 0.25) is 0 Å². The molecule has 1 aromatic carbocycles. The molecule has 1 saturated carbocycles. The molecule has 4 nitrogen and oxygen atoms in total. The summed E-state index contributed by atoms with van der Waals surface area (Å²) in [6.07, 6.45) is 7.80. The highest BCUT2D eigenvalue weighted by Gasteiger charge is 2.42. The quantitative estimate of drug-likeness (QED) is 0.875. The van der Waals surface area contributed by atoms with Crippen LogP contribution in [-0.4, -0.2) is 24.5 Å². The van der Waals surface area contributed by atoms with E-state index < -0.39 is 5.41 Å². The lowest BCUT2D eigenvalue weighted by molar-refractivity contribution is -0.126. The number of pyridine rings is 1. The van der Waals surface area contributed by atoms with Crippen LogP contribution in [0, 0.1) is 5.82 Å². The molecule has 132 valence electrons. The summed E-state index contributed by atoms with van der Waals surface area (Å²) in [5, 5.41) is 3.04. The Labute approximate surface area is 147 Å². The predicted molar refractivity (Wildman–Crippen MR) is 94.0 cm³/mol. The summed E-state index contributed by atoms with van der Waals surface area (Å²) < 4.78 is 18.7. The summed E-state index contributed by atoms with van der Waals surface area (Å²) in [6.45, 7) is 0.445. The van der Waals surface area contributed by atoms with Crippen molar-refractivity contribution in [1.82, 2.24) is 10.3 Å². The minimum absolute atomic E-state index is 0.0355. The molecule has 1 fully saturated rings. The van der Waals surface area contributed by atoms with Gasteiger partial charge in [0.05, 0.1) is 12.5 Å². The fraction of sp³-hybridized carbons (Fsp3) is 0.400. The van der Waals surface area contributed by atoms with E-state index >= 15 is 0 Å². The van der Waals surface area contributed by atoms with E-state index in [1.54, 1.807) is 25.6 Å². The number of halogens is 1. The summed E-state index contributed by atoms with van der Waals surface area (Å²) in [6, 6.07) is 8.29. The zero-order valence-corrected chi connectivity index (χ0v) is 14.4. The zero-order valence-electron chi connectivity index (χ0n) is 14.4. The number of hydrogen-bond donors (Lipinski definition) is 1. The first-order valence-electron chi connectivity index (χ1n) is 8.67. The zero-order chi connectivity index (χ0) is 17.7.